The van der Waals surface area contributed by atoms with Crippen molar-refractivity contribution in [3.8, 4) is 0 Å². The molecule has 0 aliphatic carbocycles. The number of nitrogens with zero attached hydrogens (tertiary/aromatic N) is 3. The van der Waals surface area contributed by atoms with Crippen molar-refractivity contribution < 1.29 is 8.42 Å². The number of anilines is 1. The fraction of sp³-hybridized carbons (Fsp3) is 0.333. The molecule has 2 aromatic rings. The minimum absolute atomic E-state index is 0.171. The summed E-state index contributed by atoms with van der Waals surface area (Å²) in [5, 5.41) is 11.0. The number of benzene rings is 1. The van der Waals surface area contributed by atoms with Crippen LogP contribution in [0.4, 0.5) is 5.69 Å². The fourth-order valence-corrected chi connectivity index (χ4v) is 2.81. The van der Waals surface area contributed by atoms with Crippen LogP contribution in [0.25, 0.3) is 0 Å². The van der Waals surface area contributed by atoms with Crippen LogP contribution < -0.4 is 10.0 Å². The van der Waals surface area contributed by atoms with E-state index in [1.807, 2.05) is 14.0 Å². The highest BCUT2D eigenvalue weighted by atomic mass is 32.2. The molecule has 8 heteroatoms. The number of rotatable bonds is 5. The van der Waals surface area contributed by atoms with Crippen molar-refractivity contribution in [2.45, 2.75) is 17.9 Å². The zero-order valence-corrected chi connectivity index (χ0v) is 12.3. The van der Waals surface area contributed by atoms with Gasteiger partial charge in [-0.15, -0.1) is 10.2 Å². The Balaban J connectivity index is 2.33. The minimum Gasteiger partial charge on any atom is -0.374 e. The van der Waals surface area contributed by atoms with Gasteiger partial charge >= 0.3 is 0 Å². The molecule has 1 heterocycles. The molecule has 0 radical (unpaired) electrons. The van der Waals surface area contributed by atoms with E-state index in [0.29, 0.717) is 5.69 Å². The zero-order chi connectivity index (χ0) is 14.8. The van der Waals surface area contributed by atoms with Crippen LogP contribution in [0.3, 0.4) is 0 Å². The van der Waals surface area contributed by atoms with Crippen molar-refractivity contribution in [1.29, 1.82) is 0 Å². The first kappa shape index (κ1) is 14.5. The summed E-state index contributed by atoms with van der Waals surface area (Å²) >= 11 is 0. The summed E-state index contributed by atoms with van der Waals surface area (Å²) in [4.78, 5) is 0.205. The van der Waals surface area contributed by atoms with Gasteiger partial charge in [-0.25, -0.2) is 13.1 Å². The summed E-state index contributed by atoms with van der Waals surface area (Å²) in [6.07, 6.45) is 1.60. The monoisotopic (exact) mass is 295 g/mol. The van der Waals surface area contributed by atoms with Crippen LogP contribution in [0.15, 0.2) is 35.5 Å². The van der Waals surface area contributed by atoms with Gasteiger partial charge in [0, 0.05) is 7.05 Å². The van der Waals surface area contributed by atoms with Crippen LogP contribution in [0.2, 0.25) is 0 Å². The maximum atomic E-state index is 12.0. The molecule has 0 saturated heterocycles. The number of nitrogens with one attached hydrogen (secondary N) is 2. The Morgan fingerprint density at radius 3 is 2.60 bits per heavy atom. The Morgan fingerprint density at radius 1 is 1.30 bits per heavy atom. The van der Waals surface area contributed by atoms with E-state index in [1.165, 1.54) is 7.05 Å². The van der Waals surface area contributed by atoms with Crippen LogP contribution >= 0.6 is 0 Å². The standard InChI is InChI=1S/C12H17N5O2S/c1-9(12-16-14-8-17(12)3)15-10-6-4-5-7-11(10)20(18,19)13-2/h4-9,13,15H,1-3H3. The number of hydrogen-bond acceptors (Lipinski definition) is 5. The number of aryl methyl sites for hydroxylation is 1. The second-order valence-corrected chi connectivity index (χ2v) is 6.22. The van der Waals surface area contributed by atoms with Gasteiger partial charge in [-0.2, -0.15) is 0 Å². The maximum absolute atomic E-state index is 12.0. The molecule has 2 rings (SSSR count). The third kappa shape index (κ3) is 2.81. The van der Waals surface area contributed by atoms with Crippen molar-refractivity contribution in [3.05, 3.63) is 36.4 Å². The number of hydrogen-bond donors (Lipinski definition) is 2. The lowest BCUT2D eigenvalue weighted by atomic mass is 10.2. The van der Waals surface area contributed by atoms with Gasteiger partial charge in [0.25, 0.3) is 0 Å². The third-order valence-electron chi connectivity index (χ3n) is 2.95. The summed E-state index contributed by atoms with van der Waals surface area (Å²) in [5.74, 6) is 0.724. The Labute approximate surface area is 118 Å². The second kappa shape index (κ2) is 5.59. The number of para-hydroxylation sites is 1. The molecule has 0 aliphatic heterocycles. The molecular weight excluding hydrogens is 278 g/mol. The van der Waals surface area contributed by atoms with Crippen molar-refractivity contribution in [2.75, 3.05) is 12.4 Å². The SMILES string of the molecule is CNS(=O)(=O)c1ccccc1NC(C)c1nncn1C. The van der Waals surface area contributed by atoms with Gasteiger partial charge in [-0.1, -0.05) is 12.1 Å². The highest BCUT2D eigenvalue weighted by Gasteiger charge is 2.19. The molecule has 7 nitrogen and oxygen atoms in total. The van der Waals surface area contributed by atoms with E-state index in [4.69, 9.17) is 0 Å². The van der Waals surface area contributed by atoms with Crippen molar-refractivity contribution in [2.24, 2.45) is 7.05 Å². The highest BCUT2D eigenvalue weighted by molar-refractivity contribution is 7.89. The van der Waals surface area contributed by atoms with Crippen LogP contribution in [0, 0.1) is 0 Å². The predicted octanol–water partition coefficient (Wildman–Crippen LogP) is 0.896. The van der Waals surface area contributed by atoms with E-state index in [0.717, 1.165) is 5.82 Å². The van der Waals surface area contributed by atoms with Crippen LogP contribution in [0.1, 0.15) is 18.8 Å². The van der Waals surface area contributed by atoms with Crippen LogP contribution in [0.5, 0.6) is 0 Å². The molecule has 0 spiro atoms. The number of sulfonamides is 1. The second-order valence-electron chi connectivity index (χ2n) is 4.37. The van der Waals surface area contributed by atoms with Gasteiger partial charge < -0.3 is 9.88 Å². The van der Waals surface area contributed by atoms with E-state index >= 15 is 0 Å². The largest absolute Gasteiger partial charge is 0.374 e. The summed E-state index contributed by atoms with van der Waals surface area (Å²) in [5.41, 5.74) is 0.525. The first-order valence-corrected chi connectivity index (χ1v) is 7.57. The normalized spacial score (nSPS) is 13.2. The van der Waals surface area contributed by atoms with Gasteiger partial charge in [0.05, 0.1) is 11.7 Å². The molecule has 0 bridgehead atoms. The molecule has 0 aliphatic rings. The Morgan fingerprint density at radius 2 is 2.00 bits per heavy atom. The molecule has 1 unspecified atom stereocenters. The molecular formula is C12H17N5O2S. The summed E-state index contributed by atoms with van der Waals surface area (Å²) in [6.45, 7) is 1.90. The van der Waals surface area contributed by atoms with Gasteiger partial charge in [0.1, 0.15) is 11.2 Å². The Bertz CT molecular complexity index is 695. The minimum atomic E-state index is -3.51. The average molecular weight is 295 g/mol. The van der Waals surface area contributed by atoms with E-state index in [-0.39, 0.29) is 10.9 Å². The van der Waals surface area contributed by atoms with E-state index in [1.54, 1.807) is 35.2 Å². The first-order chi connectivity index (χ1) is 9.45. The molecule has 0 amide bonds. The molecule has 1 aromatic carbocycles. The lowest BCUT2D eigenvalue weighted by Crippen LogP contribution is -2.21. The van der Waals surface area contributed by atoms with Gasteiger partial charge in [0.2, 0.25) is 10.0 Å². The molecule has 1 atom stereocenters. The smallest absolute Gasteiger partial charge is 0.242 e. The maximum Gasteiger partial charge on any atom is 0.242 e. The third-order valence-corrected chi connectivity index (χ3v) is 4.42. The van der Waals surface area contributed by atoms with Gasteiger partial charge in [-0.3, -0.25) is 0 Å². The average Bonchev–Trinajstić information content (AvgIpc) is 2.85. The van der Waals surface area contributed by atoms with Crippen molar-refractivity contribution in [3.63, 3.8) is 0 Å². The Kier molecular flexibility index (Phi) is 4.05. The van der Waals surface area contributed by atoms with E-state index in [9.17, 15) is 8.42 Å². The zero-order valence-electron chi connectivity index (χ0n) is 11.5. The van der Waals surface area contributed by atoms with Gasteiger partial charge in [0.15, 0.2) is 5.82 Å². The molecule has 0 saturated carbocycles. The summed E-state index contributed by atoms with van der Waals surface area (Å²) < 4.78 is 28.0. The molecule has 108 valence electrons. The van der Waals surface area contributed by atoms with Crippen molar-refractivity contribution >= 4 is 15.7 Å². The van der Waals surface area contributed by atoms with Crippen LogP contribution in [-0.4, -0.2) is 30.2 Å². The first-order valence-electron chi connectivity index (χ1n) is 6.08. The highest BCUT2D eigenvalue weighted by Crippen LogP contribution is 2.24. The van der Waals surface area contributed by atoms with E-state index < -0.39 is 10.0 Å². The fourth-order valence-electron chi connectivity index (χ4n) is 1.91. The quantitative estimate of drug-likeness (QED) is 0.855. The topological polar surface area (TPSA) is 88.9 Å². The summed E-state index contributed by atoms with van der Waals surface area (Å²) in [7, 11) is -0.285. The van der Waals surface area contributed by atoms with Crippen molar-refractivity contribution in [1.82, 2.24) is 19.5 Å². The van der Waals surface area contributed by atoms with Gasteiger partial charge in [-0.05, 0) is 26.1 Å². The Hall–Kier alpha value is -1.93. The van der Waals surface area contributed by atoms with E-state index in [2.05, 4.69) is 20.2 Å². The van der Waals surface area contributed by atoms with Crippen LogP contribution in [-0.2, 0) is 17.1 Å². The molecule has 2 N–H and O–H groups in total. The lowest BCUT2D eigenvalue weighted by Gasteiger charge is -2.17. The predicted molar refractivity (Wildman–Crippen MR) is 75.7 cm³/mol. The molecule has 0 fully saturated rings. The number of aromatic nitrogens is 3. The lowest BCUT2D eigenvalue weighted by molar-refractivity contribution is 0.588. The molecule has 20 heavy (non-hydrogen) atoms. The molecule has 1 aromatic heterocycles. The summed E-state index contributed by atoms with van der Waals surface area (Å²) in [6, 6.07) is 6.56.